The molecule has 4 rings (SSSR count). The van der Waals surface area contributed by atoms with Crippen LogP contribution in [0.25, 0.3) is 5.65 Å². The van der Waals surface area contributed by atoms with Gasteiger partial charge in [-0.05, 0) is 27.5 Å². The molecule has 0 N–H and O–H groups in total. The normalized spacial score (nSPS) is 13.3. The van der Waals surface area contributed by atoms with Crippen molar-refractivity contribution in [3.8, 4) is 5.88 Å². The van der Waals surface area contributed by atoms with E-state index >= 15 is 0 Å². The summed E-state index contributed by atoms with van der Waals surface area (Å²) in [6.07, 6.45) is 3.38. The average Bonchev–Trinajstić information content (AvgIpc) is 3.27. The van der Waals surface area contributed by atoms with E-state index in [1.807, 2.05) is 12.1 Å². The van der Waals surface area contributed by atoms with Crippen LogP contribution in [-0.2, 0) is 34.4 Å². The van der Waals surface area contributed by atoms with Crippen LogP contribution in [0, 0.1) is 0 Å². The van der Waals surface area contributed by atoms with Crippen LogP contribution in [0.15, 0.2) is 66.1 Å². The minimum absolute atomic E-state index is 0.0800. The summed E-state index contributed by atoms with van der Waals surface area (Å²) in [5.74, 6) is 0.673. The van der Waals surface area contributed by atoms with Crippen molar-refractivity contribution < 1.29 is 9.29 Å². The maximum atomic E-state index is 13.1. The zero-order valence-corrected chi connectivity index (χ0v) is 21.5. The molecule has 0 fully saturated rings. The highest BCUT2D eigenvalue weighted by Gasteiger charge is 2.22. The molecule has 0 aliphatic heterocycles. The van der Waals surface area contributed by atoms with Crippen molar-refractivity contribution in [3.05, 3.63) is 83.2 Å². The molecule has 7 heteroatoms. The van der Waals surface area contributed by atoms with Crippen molar-refractivity contribution in [2.24, 2.45) is 0 Å². The molecule has 2 heterocycles. The van der Waals surface area contributed by atoms with Gasteiger partial charge in [-0.1, -0.05) is 95.2 Å². The summed E-state index contributed by atoms with van der Waals surface area (Å²) in [4.78, 5) is 4.37. The van der Waals surface area contributed by atoms with E-state index in [0.29, 0.717) is 29.0 Å². The Bertz CT molecular complexity index is 1250. The Hall–Kier alpha value is -2.90. The number of aromatic nitrogens is 4. The first-order valence-electron chi connectivity index (χ1n) is 11.4. The van der Waals surface area contributed by atoms with E-state index in [2.05, 4.69) is 93.1 Å². The monoisotopic (exact) mass is 476 g/mol. The van der Waals surface area contributed by atoms with Crippen LogP contribution < -0.4 is 4.74 Å². The van der Waals surface area contributed by atoms with Gasteiger partial charge in [0.25, 0.3) is 5.88 Å². The predicted octanol–water partition coefficient (Wildman–Crippen LogP) is 5.61. The molecule has 0 bridgehead atoms. The zero-order valence-electron chi connectivity index (χ0n) is 20.7. The second-order valence-electron chi connectivity index (χ2n) is 10.6. The van der Waals surface area contributed by atoms with E-state index < -0.39 is 11.2 Å². The van der Waals surface area contributed by atoms with E-state index in [1.54, 1.807) is 16.8 Å². The molecule has 1 atom stereocenters. The van der Waals surface area contributed by atoms with Crippen LogP contribution in [0.2, 0.25) is 0 Å². The van der Waals surface area contributed by atoms with E-state index in [9.17, 15) is 4.55 Å². The first kappa shape index (κ1) is 24.2. The molecule has 6 nitrogen and oxygen atoms in total. The van der Waals surface area contributed by atoms with Crippen molar-refractivity contribution in [1.82, 2.24) is 19.6 Å². The van der Waals surface area contributed by atoms with Crippen LogP contribution in [0.1, 0.15) is 63.8 Å². The van der Waals surface area contributed by atoms with Gasteiger partial charge in [-0.15, -0.1) is 5.10 Å². The van der Waals surface area contributed by atoms with E-state index in [1.165, 1.54) is 11.1 Å². The highest BCUT2D eigenvalue weighted by atomic mass is 32.2. The maximum Gasteiger partial charge on any atom is 0.348 e. The smallest absolute Gasteiger partial charge is 0.348 e. The second kappa shape index (κ2) is 9.39. The summed E-state index contributed by atoms with van der Waals surface area (Å²) in [6.45, 7) is 13.5. The van der Waals surface area contributed by atoms with Crippen LogP contribution >= 0.6 is 0 Å². The number of rotatable bonds is 6. The average molecular weight is 477 g/mol. The van der Waals surface area contributed by atoms with Crippen LogP contribution in [0.4, 0.5) is 0 Å². The predicted molar refractivity (Wildman–Crippen MR) is 136 cm³/mol. The lowest BCUT2D eigenvalue weighted by molar-refractivity contribution is 0.290. The zero-order chi connectivity index (χ0) is 24.5. The third kappa shape index (κ3) is 5.42. The molecule has 0 spiro atoms. The van der Waals surface area contributed by atoms with Gasteiger partial charge in [-0.25, -0.2) is 9.38 Å². The van der Waals surface area contributed by atoms with Gasteiger partial charge in [-0.3, -0.25) is 0 Å². The quantitative estimate of drug-likeness (QED) is 0.338. The lowest BCUT2D eigenvalue weighted by Crippen LogP contribution is -2.15. The minimum Gasteiger partial charge on any atom is -0.609 e. The number of nitrogens with zero attached hydrogens (tertiary/aromatic N) is 4. The number of imidazole rings is 1. The largest absolute Gasteiger partial charge is 0.609 e. The Balaban J connectivity index is 1.48. The van der Waals surface area contributed by atoms with Crippen molar-refractivity contribution in [2.75, 3.05) is 0 Å². The molecule has 4 aromatic rings. The molecule has 2 aromatic carbocycles. The molecule has 2 aromatic heterocycles. The second-order valence-corrected chi connectivity index (χ2v) is 11.9. The number of hydrogen-bond donors (Lipinski definition) is 0. The Morgan fingerprint density at radius 2 is 1.38 bits per heavy atom. The molecule has 0 saturated carbocycles. The summed E-state index contributed by atoms with van der Waals surface area (Å²) in [6, 6.07) is 16.6. The Kier molecular flexibility index (Phi) is 6.69. The lowest BCUT2D eigenvalue weighted by atomic mass is 9.87. The number of ether oxygens (including phenoxy) is 1. The maximum absolute atomic E-state index is 13.1. The van der Waals surface area contributed by atoms with E-state index in [0.717, 1.165) is 11.1 Å². The van der Waals surface area contributed by atoms with Crippen LogP contribution in [0.5, 0.6) is 5.88 Å². The highest BCUT2D eigenvalue weighted by molar-refractivity contribution is 7.90. The van der Waals surface area contributed by atoms with Crippen molar-refractivity contribution in [1.29, 1.82) is 0 Å². The first-order valence-corrected chi connectivity index (χ1v) is 12.7. The van der Waals surface area contributed by atoms with Gasteiger partial charge >= 0.3 is 5.16 Å². The lowest BCUT2D eigenvalue weighted by Gasteiger charge is -2.19. The number of benzene rings is 2. The SMILES string of the molecule is CC(C)(C)c1ccc(COc2nnc([S+]([O-])Cc3ccc(C(C)(C)C)cc3)n3ccnc23)cc1. The third-order valence-corrected chi connectivity index (χ3v) is 7.06. The molecule has 0 aliphatic carbocycles. The van der Waals surface area contributed by atoms with Gasteiger partial charge < -0.3 is 9.29 Å². The summed E-state index contributed by atoms with van der Waals surface area (Å²) < 4.78 is 20.8. The summed E-state index contributed by atoms with van der Waals surface area (Å²) in [7, 11) is 0. The van der Waals surface area contributed by atoms with Gasteiger partial charge in [0.2, 0.25) is 5.65 Å². The molecule has 0 aliphatic rings. The van der Waals surface area contributed by atoms with E-state index in [-0.39, 0.29) is 10.8 Å². The Morgan fingerprint density at radius 1 is 0.824 bits per heavy atom. The summed E-state index contributed by atoms with van der Waals surface area (Å²) >= 11 is -1.38. The Morgan fingerprint density at radius 3 is 1.94 bits per heavy atom. The first-order chi connectivity index (χ1) is 16.0. The van der Waals surface area contributed by atoms with Gasteiger partial charge in [0.15, 0.2) is 0 Å². The summed E-state index contributed by atoms with van der Waals surface area (Å²) in [5.41, 5.74) is 5.22. The number of fused-ring (bicyclic) bond motifs is 1. The Labute approximate surface area is 204 Å². The molecule has 1 unspecified atom stereocenters. The molecular formula is C27H32N4O2S. The molecule has 178 valence electrons. The fraction of sp³-hybridized carbons (Fsp3) is 0.370. The molecule has 0 radical (unpaired) electrons. The van der Waals surface area contributed by atoms with Crippen molar-refractivity contribution in [2.45, 2.75) is 69.9 Å². The fourth-order valence-electron chi connectivity index (χ4n) is 3.62. The van der Waals surface area contributed by atoms with Gasteiger partial charge in [-0.2, -0.15) is 0 Å². The summed E-state index contributed by atoms with van der Waals surface area (Å²) in [5, 5.41) is 8.81. The van der Waals surface area contributed by atoms with Crippen molar-refractivity contribution in [3.63, 3.8) is 0 Å². The van der Waals surface area contributed by atoms with Gasteiger partial charge in [0, 0.05) is 29.1 Å². The highest BCUT2D eigenvalue weighted by Crippen LogP contribution is 2.25. The molecule has 34 heavy (non-hydrogen) atoms. The van der Waals surface area contributed by atoms with Crippen LogP contribution in [-0.4, -0.2) is 24.1 Å². The topological polar surface area (TPSA) is 75.4 Å². The minimum atomic E-state index is -1.38. The van der Waals surface area contributed by atoms with E-state index in [4.69, 9.17) is 4.74 Å². The standard InChI is InChI=1S/C27H32N4O2S/c1-26(2,3)21-11-7-19(8-12-21)17-33-24-23-28-15-16-31(23)25(30-29-24)34(32)18-20-9-13-22(14-10-20)27(4,5)6/h7-16H,17-18H2,1-6H3. The van der Waals surface area contributed by atoms with Gasteiger partial charge in [0.05, 0.1) is 0 Å². The molecule has 0 amide bonds. The van der Waals surface area contributed by atoms with Crippen LogP contribution in [0.3, 0.4) is 0 Å². The van der Waals surface area contributed by atoms with Gasteiger partial charge in [0.1, 0.15) is 12.4 Å². The molecular weight excluding hydrogens is 444 g/mol. The fourth-order valence-corrected chi connectivity index (χ4v) is 4.74. The number of hydrogen-bond acceptors (Lipinski definition) is 5. The van der Waals surface area contributed by atoms with Crippen molar-refractivity contribution >= 4 is 16.8 Å². The third-order valence-electron chi connectivity index (χ3n) is 5.78. The molecule has 0 saturated heterocycles.